The van der Waals surface area contributed by atoms with Gasteiger partial charge in [-0.2, -0.15) is 0 Å². The van der Waals surface area contributed by atoms with Crippen molar-refractivity contribution in [1.82, 2.24) is 0 Å². The largest absolute Gasteiger partial charge is 0.380 e. The monoisotopic (exact) mass is 253 g/mol. The van der Waals surface area contributed by atoms with E-state index in [1.54, 1.807) is 7.05 Å². The fraction of sp³-hybridized carbons (Fsp3) is 0.0667. The summed E-state index contributed by atoms with van der Waals surface area (Å²) < 4.78 is 0. The first-order valence-corrected chi connectivity index (χ1v) is 5.89. The average Bonchev–Trinajstić information content (AvgIpc) is 2.49. The van der Waals surface area contributed by atoms with Gasteiger partial charge in [0.2, 0.25) is 0 Å². The molecule has 0 spiro atoms. The van der Waals surface area contributed by atoms with Crippen LogP contribution in [0.3, 0.4) is 0 Å². The molecule has 0 amide bonds. The molecule has 2 N–H and O–H groups in total. The van der Waals surface area contributed by atoms with Crippen molar-refractivity contribution in [2.75, 3.05) is 7.05 Å². The van der Waals surface area contributed by atoms with Crippen LogP contribution in [-0.2, 0) is 4.84 Å². The second-order valence-electron chi connectivity index (χ2n) is 3.83. The first-order chi connectivity index (χ1) is 9.31. The number of rotatable bonds is 3. The molecule has 0 atom stereocenters. The van der Waals surface area contributed by atoms with Crippen LogP contribution in [0, 0.1) is 0 Å². The van der Waals surface area contributed by atoms with Crippen molar-refractivity contribution in [2.24, 2.45) is 15.9 Å². The first-order valence-electron chi connectivity index (χ1n) is 5.89. The van der Waals surface area contributed by atoms with Crippen LogP contribution in [0.15, 0.2) is 70.8 Å². The van der Waals surface area contributed by atoms with Crippen molar-refractivity contribution in [3.63, 3.8) is 0 Å². The van der Waals surface area contributed by atoms with Crippen molar-refractivity contribution in [2.45, 2.75) is 0 Å². The maximum absolute atomic E-state index is 5.85. The molecule has 0 heterocycles. The van der Waals surface area contributed by atoms with E-state index in [4.69, 9.17) is 10.6 Å². The summed E-state index contributed by atoms with van der Waals surface area (Å²) in [5.74, 6) is 0.747. The Morgan fingerprint density at radius 3 is 1.95 bits per heavy atom. The highest BCUT2D eigenvalue weighted by Crippen LogP contribution is 2.04. The Morgan fingerprint density at radius 1 is 0.895 bits per heavy atom. The summed E-state index contributed by atoms with van der Waals surface area (Å²) in [5, 5.41) is 3.91. The van der Waals surface area contributed by atoms with Crippen LogP contribution >= 0.6 is 0 Å². The number of nitrogens with zero attached hydrogens (tertiary/aromatic N) is 2. The summed E-state index contributed by atoms with van der Waals surface area (Å²) in [6.07, 6.45) is 0. The summed E-state index contributed by atoms with van der Waals surface area (Å²) in [5.41, 5.74) is 7.51. The van der Waals surface area contributed by atoms with Gasteiger partial charge in [0.05, 0.1) is 0 Å². The van der Waals surface area contributed by atoms with Crippen molar-refractivity contribution in [3.8, 4) is 0 Å². The summed E-state index contributed by atoms with van der Waals surface area (Å²) >= 11 is 0. The average molecular weight is 253 g/mol. The Hall–Kier alpha value is -2.62. The molecule has 0 aliphatic heterocycles. The number of benzene rings is 2. The van der Waals surface area contributed by atoms with Crippen molar-refractivity contribution in [1.29, 1.82) is 0 Å². The van der Waals surface area contributed by atoms with Gasteiger partial charge < -0.3 is 10.6 Å². The lowest BCUT2D eigenvalue weighted by molar-refractivity contribution is 0.328. The third kappa shape index (κ3) is 3.42. The maximum Gasteiger partial charge on any atom is 0.251 e. The molecule has 0 radical (unpaired) electrons. The normalized spacial score (nSPS) is 12.3. The van der Waals surface area contributed by atoms with Crippen LogP contribution in [-0.4, -0.2) is 18.8 Å². The molecule has 0 aliphatic rings. The number of hydrogen-bond acceptors (Lipinski definition) is 3. The third-order valence-corrected chi connectivity index (χ3v) is 2.52. The van der Waals surface area contributed by atoms with E-state index in [2.05, 4.69) is 10.1 Å². The number of oxime groups is 1. The third-order valence-electron chi connectivity index (χ3n) is 2.52. The van der Waals surface area contributed by atoms with E-state index in [1.165, 1.54) is 0 Å². The minimum atomic E-state index is 0.317. The Bertz CT molecular complexity index is 577. The molecule has 2 aromatic rings. The Morgan fingerprint density at radius 2 is 1.42 bits per heavy atom. The Kier molecular flexibility index (Phi) is 4.29. The van der Waals surface area contributed by atoms with E-state index in [0.29, 0.717) is 11.7 Å². The Labute approximate surface area is 112 Å². The van der Waals surface area contributed by atoms with Gasteiger partial charge in [-0.15, -0.1) is 0 Å². The fourth-order valence-electron chi connectivity index (χ4n) is 1.56. The van der Waals surface area contributed by atoms with Gasteiger partial charge in [0, 0.05) is 18.2 Å². The molecule has 96 valence electrons. The predicted octanol–water partition coefficient (Wildman–Crippen LogP) is 2.40. The molecule has 4 nitrogen and oxygen atoms in total. The zero-order chi connectivity index (χ0) is 13.5. The van der Waals surface area contributed by atoms with E-state index >= 15 is 0 Å². The predicted molar refractivity (Wildman–Crippen MR) is 77.2 cm³/mol. The fourth-order valence-corrected chi connectivity index (χ4v) is 1.56. The number of nitrogens with two attached hydrogens (primary N) is 1. The van der Waals surface area contributed by atoms with Crippen LogP contribution in [0.5, 0.6) is 0 Å². The van der Waals surface area contributed by atoms with Crippen molar-refractivity contribution < 1.29 is 4.84 Å². The van der Waals surface area contributed by atoms with Crippen molar-refractivity contribution in [3.05, 3.63) is 71.8 Å². The van der Waals surface area contributed by atoms with Crippen LogP contribution in [0.4, 0.5) is 0 Å². The lowest BCUT2D eigenvalue weighted by atomic mass is 10.2. The lowest BCUT2D eigenvalue weighted by Crippen LogP contribution is -2.15. The van der Waals surface area contributed by atoms with Gasteiger partial charge >= 0.3 is 0 Å². The number of hydrogen-bond donors (Lipinski definition) is 1. The second kappa shape index (κ2) is 6.35. The molecule has 0 aliphatic carbocycles. The van der Waals surface area contributed by atoms with Gasteiger partial charge in [0.1, 0.15) is 0 Å². The Balaban J connectivity index is 2.13. The van der Waals surface area contributed by atoms with Gasteiger partial charge in [-0.05, 0) is 12.1 Å². The summed E-state index contributed by atoms with van der Waals surface area (Å²) in [4.78, 5) is 9.36. The molecule has 0 unspecified atom stereocenters. The van der Waals surface area contributed by atoms with Gasteiger partial charge in [-0.25, -0.2) is 0 Å². The molecule has 19 heavy (non-hydrogen) atoms. The smallest absolute Gasteiger partial charge is 0.251 e. The van der Waals surface area contributed by atoms with Crippen LogP contribution in [0.2, 0.25) is 0 Å². The minimum Gasteiger partial charge on any atom is -0.380 e. The van der Waals surface area contributed by atoms with E-state index in [1.807, 2.05) is 60.7 Å². The number of amidine groups is 1. The standard InChI is InChI=1S/C15H15N3O/c1-17-15(13-10-6-3-7-11-13)19-18-14(16)12-8-4-2-5-9-12/h2-11H,1H3,(H2,16,18). The lowest BCUT2D eigenvalue weighted by Gasteiger charge is -2.04. The quantitative estimate of drug-likeness (QED) is 0.518. The second-order valence-corrected chi connectivity index (χ2v) is 3.83. The molecule has 0 aromatic heterocycles. The molecule has 2 rings (SSSR count). The molecule has 4 heteroatoms. The molecule has 0 fully saturated rings. The van der Waals surface area contributed by atoms with Crippen LogP contribution < -0.4 is 5.73 Å². The van der Waals surface area contributed by atoms with Gasteiger partial charge in [-0.1, -0.05) is 53.7 Å². The zero-order valence-corrected chi connectivity index (χ0v) is 10.7. The van der Waals surface area contributed by atoms with Crippen LogP contribution in [0.25, 0.3) is 0 Å². The first kappa shape index (κ1) is 12.8. The molecule has 0 saturated heterocycles. The number of aliphatic imine (C=N–C) groups is 1. The highest BCUT2D eigenvalue weighted by atomic mass is 16.6. The van der Waals surface area contributed by atoms with E-state index in [9.17, 15) is 0 Å². The summed E-state index contributed by atoms with van der Waals surface area (Å²) in [7, 11) is 1.65. The molecule has 0 bridgehead atoms. The minimum absolute atomic E-state index is 0.317. The van der Waals surface area contributed by atoms with Crippen molar-refractivity contribution >= 4 is 11.7 Å². The summed E-state index contributed by atoms with van der Waals surface area (Å²) in [6.45, 7) is 0. The molecular weight excluding hydrogens is 238 g/mol. The topological polar surface area (TPSA) is 60.0 Å². The SMILES string of the molecule is CN=C(O/N=C(\N)c1ccccc1)c1ccccc1. The summed E-state index contributed by atoms with van der Waals surface area (Å²) in [6, 6.07) is 19.0. The van der Waals surface area contributed by atoms with E-state index in [-0.39, 0.29) is 0 Å². The maximum atomic E-state index is 5.85. The van der Waals surface area contributed by atoms with Gasteiger partial charge in [0.15, 0.2) is 5.84 Å². The van der Waals surface area contributed by atoms with Gasteiger partial charge in [-0.3, -0.25) is 4.99 Å². The highest BCUT2D eigenvalue weighted by molar-refractivity contribution is 5.99. The van der Waals surface area contributed by atoms with Gasteiger partial charge in [0.25, 0.3) is 5.90 Å². The molecule has 0 saturated carbocycles. The van der Waals surface area contributed by atoms with E-state index < -0.39 is 0 Å². The molecular formula is C15H15N3O. The van der Waals surface area contributed by atoms with E-state index in [0.717, 1.165) is 11.1 Å². The van der Waals surface area contributed by atoms with Crippen LogP contribution in [0.1, 0.15) is 11.1 Å². The zero-order valence-electron chi connectivity index (χ0n) is 10.7. The highest BCUT2D eigenvalue weighted by Gasteiger charge is 2.04. The molecule has 2 aromatic carbocycles.